The van der Waals surface area contributed by atoms with Gasteiger partial charge in [0.1, 0.15) is 11.5 Å². The third-order valence-electron chi connectivity index (χ3n) is 15.0. The molecule has 0 saturated heterocycles. The molecule has 0 aliphatic rings. The number of phenols is 2. The Bertz CT molecular complexity index is 4290. The van der Waals surface area contributed by atoms with E-state index in [1.54, 1.807) is 66.0 Å². The number of hydrogen-bond acceptors (Lipinski definition) is 8. The molecule has 0 atom stereocenters. The predicted octanol–water partition coefficient (Wildman–Crippen LogP) is 28.0. The monoisotopic (exact) mass is 1790 g/mol. The van der Waals surface area contributed by atoms with Crippen LogP contribution in [0.3, 0.4) is 0 Å². The van der Waals surface area contributed by atoms with E-state index in [1.807, 2.05) is 98.4 Å². The van der Waals surface area contributed by atoms with Crippen LogP contribution in [0.25, 0.3) is 22.3 Å². The van der Waals surface area contributed by atoms with Crippen molar-refractivity contribution in [1.82, 2.24) is 0 Å². The molecule has 18 heteroatoms. The molecule has 0 radical (unpaired) electrons. The fourth-order valence-electron chi connectivity index (χ4n) is 9.37. The summed E-state index contributed by atoms with van der Waals surface area (Å²) < 4.78 is 2.16. The van der Waals surface area contributed by atoms with Gasteiger partial charge in [0.2, 0.25) is 0 Å². The molecule has 0 fully saturated rings. The molecule has 12 aromatic rings. The van der Waals surface area contributed by atoms with Gasteiger partial charge in [0.15, 0.2) is 0 Å². The van der Waals surface area contributed by atoms with E-state index in [0.29, 0.717) is 16.2 Å². The lowest BCUT2D eigenvalue weighted by molar-refractivity contribution is 0.425. The minimum absolute atomic E-state index is 0.111. The van der Waals surface area contributed by atoms with Crippen molar-refractivity contribution in [2.24, 2.45) is 0 Å². The van der Waals surface area contributed by atoms with Crippen LogP contribution in [0.2, 0.25) is 15.1 Å². The van der Waals surface area contributed by atoms with Crippen molar-refractivity contribution in [2.75, 3.05) is 0 Å². The zero-order chi connectivity index (χ0) is 74.3. The number of phenolic OH excluding ortho intramolecular Hbond substituents is 2. The number of aromatic hydroxyl groups is 2. The Morgan fingerprint density at radius 3 is 0.970 bits per heavy atom. The van der Waals surface area contributed by atoms with E-state index < -0.39 is 7.12 Å². The highest BCUT2D eigenvalue weighted by Gasteiger charge is 2.12. The minimum Gasteiger partial charge on any atom is -0.507 e. The molecule has 4 N–H and O–H groups in total. The molecular formula is C83H80B2Br5Cl3O4S4. The molecule has 0 aromatic heterocycles. The van der Waals surface area contributed by atoms with Crippen molar-refractivity contribution in [1.29, 1.82) is 0 Å². The van der Waals surface area contributed by atoms with Crippen molar-refractivity contribution in [3.05, 3.63) is 340 Å². The molecule has 101 heavy (non-hydrogen) atoms. The summed E-state index contributed by atoms with van der Waals surface area (Å²) in [7, 11) is -1.34. The van der Waals surface area contributed by atoms with Gasteiger partial charge in [-0.2, -0.15) is 0 Å². The summed E-state index contributed by atoms with van der Waals surface area (Å²) in [5.74, 6) is 0.428. The number of halogens is 8. The number of aryl methyl sites for hydroxylation is 11. The van der Waals surface area contributed by atoms with Gasteiger partial charge in [0.05, 0.1) is 5.02 Å². The largest absolute Gasteiger partial charge is 0.507 e. The van der Waals surface area contributed by atoms with Gasteiger partial charge in [-0.1, -0.05) is 284 Å². The van der Waals surface area contributed by atoms with Gasteiger partial charge in [-0.3, -0.25) is 0 Å². The first-order chi connectivity index (χ1) is 48.0. The average molecular weight is 1800 g/mol. The molecule has 0 amide bonds. The molecule has 0 unspecified atom stereocenters. The van der Waals surface area contributed by atoms with Gasteiger partial charge in [-0.05, 0) is 232 Å². The maximum Gasteiger partial charge on any atom is 0.488 e. The van der Waals surface area contributed by atoms with Crippen LogP contribution < -0.4 is 5.46 Å². The lowest BCUT2D eigenvalue weighted by Gasteiger charge is -2.12. The zero-order valence-corrected chi connectivity index (χ0v) is 71.4. The number of hydrogen-bond donors (Lipinski definition) is 5. The van der Waals surface area contributed by atoms with Crippen LogP contribution in [0.1, 0.15) is 61.2 Å². The number of benzene rings is 12. The lowest BCUT2D eigenvalue weighted by atomic mass is 9.81. The zero-order valence-electron chi connectivity index (χ0n) is 57.9. The molecule has 12 aromatic carbocycles. The predicted molar refractivity (Wildman–Crippen MR) is 463 cm³/mol. The molecule has 0 aliphatic heterocycles. The molecule has 522 valence electrons. The summed E-state index contributed by atoms with van der Waals surface area (Å²) in [6.45, 7) is 23.2. The smallest absolute Gasteiger partial charge is 0.488 e. The van der Waals surface area contributed by atoms with Gasteiger partial charge < -0.3 is 20.3 Å². The van der Waals surface area contributed by atoms with Gasteiger partial charge in [0, 0.05) is 58.8 Å². The molecule has 0 bridgehead atoms. The van der Waals surface area contributed by atoms with Gasteiger partial charge >= 0.3 is 10.3 Å². The first-order valence-electron chi connectivity index (χ1n) is 31.7. The summed E-state index contributed by atoms with van der Waals surface area (Å²) in [5.41, 5.74) is 18.9. The van der Waals surface area contributed by atoms with E-state index in [9.17, 15) is 5.11 Å². The Labute approximate surface area is 674 Å². The van der Waals surface area contributed by atoms with Crippen LogP contribution in [-0.4, -0.2) is 30.6 Å². The summed E-state index contributed by atoms with van der Waals surface area (Å²) in [4.78, 5) is 8.70. The van der Waals surface area contributed by atoms with Crippen molar-refractivity contribution in [3.8, 4) is 33.8 Å². The Kier molecular flexibility index (Phi) is 38.9. The van der Waals surface area contributed by atoms with Gasteiger partial charge in [-0.25, -0.2) is 0 Å². The van der Waals surface area contributed by atoms with Gasteiger partial charge in [-0.15, -0.1) is 59.9 Å². The van der Waals surface area contributed by atoms with Gasteiger partial charge in [0.25, 0.3) is 0 Å². The second-order valence-corrected chi connectivity index (χ2v) is 36.2. The quantitative estimate of drug-likeness (QED) is 0.0728. The topological polar surface area (TPSA) is 80.9 Å². The van der Waals surface area contributed by atoms with E-state index in [2.05, 4.69) is 288 Å². The molecule has 12 rings (SSSR count). The van der Waals surface area contributed by atoms with E-state index in [4.69, 9.17) is 50.0 Å². The summed E-state index contributed by atoms with van der Waals surface area (Å²) in [6, 6.07) is 84.2. The Hall–Kier alpha value is -5.04. The second-order valence-electron chi connectivity index (χ2n) is 23.0. The number of thiol groups is 1. The normalized spacial score (nSPS) is 10.1. The van der Waals surface area contributed by atoms with Crippen LogP contribution in [0.4, 0.5) is 0 Å². The first kappa shape index (κ1) is 86.6. The SMILES string of the molecule is BrB(Br)Br.Cc1ccc(Br)cc1Cl.Cc1ccc(Sc2c(C)cccc2C)cc1-c1ccccc1.Cc1ccc(Sc2c(C)cccc2C)cc1Cl.Cc1cccc(C)c1S.Cc1cccc(C)c1Sc1ccc(O)c(-c2ccccc2)c1.OB(O)c1ccccc1.Oc1ccc(Br)cc1Cl. The Morgan fingerprint density at radius 1 is 0.317 bits per heavy atom. The average Bonchev–Trinajstić information content (AvgIpc) is 0.834. The van der Waals surface area contributed by atoms with E-state index >= 15 is 0 Å². The van der Waals surface area contributed by atoms with Crippen molar-refractivity contribution in [2.45, 2.75) is 110 Å². The number of rotatable bonds is 9. The molecule has 0 saturated carbocycles. The maximum atomic E-state index is 10.2. The third-order valence-corrected chi connectivity index (χ3v) is 21.8. The maximum absolute atomic E-state index is 10.2. The van der Waals surface area contributed by atoms with Crippen LogP contribution in [0.15, 0.2) is 298 Å². The van der Waals surface area contributed by atoms with Crippen LogP contribution in [-0.2, 0) is 0 Å². The Balaban J connectivity index is 0.000000218. The minimum atomic E-state index is -1.34. The van der Waals surface area contributed by atoms with Crippen molar-refractivity contribution < 1.29 is 20.3 Å². The highest BCUT2D eigenvalue weighted by Crippen LogP contribution is 2.40. The summed E-state index contributed by atoms with van der Waals surface area (Å²) >= 11 is 43.0. The summed E-state index contributed by atoms with van der Waals surface area (Å²) in [5, 5.41) is 38.2. The highest BCUT2D eigenvalue weighted by molar-refractivity contribution is 9.69. The third kappa shape index (κ3) is 30.5. The molecular weight excluding hydrogens is 1720 g/mol. The van der Waals surface area contributed by atoms with E-state index in [-0.39, 0.29) is 8.93 Å². The van der Waals surface area contributed by atoms with Crippen molar-refractivity contribution >= 4 is 178 Å². The standard InChI is InChI=1S/C21H20S.C20H18OS.C15H15ClS.C8H10S.C7H6BrCl.C6H7BO2.C6H4BrClO.BBr3/c1-15-12-13-19(14-20(15)18-10-5-4-6-11-18)22-21-16(2)8-7-9-17(21)3;1-14-7-6-8-15(2)20(14)22-17-11-12-19(21)18(13-17)16-9-4-3-5-10-16;1-10-7-8-13(9-14(10)16)17-15-11(2)5-4-6-12(15)3;1-6-4-3-5-7(2)8(6)9;1-5-2-3-6(8)4-7(5)9;8-7(9)6-4-2-1-3-5-6;7-4-1-2-6(9)5(8)3-4;2-1(3)4/h4-14H,1-3H3;3-13,21H,1-2H3;4-9H,1-3H3;3-5,9H,1-2H3;2-4H,1H3;1-5,8-9H;1-3,9H;. The van der Waals surface area contributed by atoms with Crippen LogP contribution in [0.5, 0.6) is 11.5 Å². The van der Waals surface area contributed by atoms with Crippen LogP contribution >= 0.6 is 162 Å². The van der Waals surface area contributed by atoms with Crippen LogP contribution in [0, 0.1) is 76.2 Å². The molecule has 0 spiro atoms. The first-order valence-corrected chi connectivity index (χ1v) is 40.1. The van der Waals surface area contributed by atoms with E-state index in [0.717, 1.165) is 51.0 Å². The Morgan fingerprint density at radius 2 is 0.624 bits per heavy atom. The fraction of sp³-hybridized carbons (Fsp3) is 0.133. The lowest BCUT2D eigenvalue weighted by Crippen LogP contribution is -2.29. The van der Waals surface area contributed by atoms with E-state index in [1.165, 1.54) is 91.7 Å². The summed E-state index contributed by atoms with van der Waals surface area (Å²) in [6.07, 6.45) is 0. The fourth-order valence-corrected chi connectivity index (χ4v) is 14.1. The van der Waals surface area contributed by atoms with Crippen molar-refractivity contribution in [3.63, 3.8) is 0 Å². The molecule has 0 aliphatic carbocycles. The molecule has 0 heterocycles. The highest BCUT2D eigenvalue weighted by atomic mass is 79.9. The molecule has 4 nitrogen and oxygen atoms in total. The second kappa shape index (κ2) is 45.4.